The van der Waals surface area contributed by atoms with Crippen LogP contribution in [0.5, 0.6) is 0 Å². The van der Waals surface area contributed by atoms with Gasteiger partial charge in [0.25, 0.3) is 0 Å². The third-order valence-corrected chi connectivity index (χ3v) is 0.666. The highest BCUT2D eigenvalue weighted by molar-refractivity contribution is 5.77. The molecule has 1 aliphatic rings. The molecule has 0 radical (unpaired) electrons. The zero-order valence-corrected chi connectivity index (χ0v) is 3.94. The lowest BCUT2D eigenvalue weighted by atomic mass is 10.5. The molecule has 1 aliphatic heterocycles. The summed E-state index contributed by atoms with van der Waals surface area (Å²) in [5.74, 6) is 0. The Morgan fingerprint density at radius 3 is 3.00 bits per heavy atom. The van der Waals surface area contributed by atoms with Crippen LogP contribution < -0.4 is 10.9 Å². The predicted molar refractivity (Wildman–Crippen MR) is 28.8 cm³/mol. The first kappa shape index (κ1) is 4.33. The summed E-state index contributed by atoms with van der Waals surface area (Å²) >= 11 is 0. The van der Waals surface area contributed by atoms with Crippen LogP contribution in [0.15, 0.2) is 17.3 Å². The van der Waals surface area contributed by atoms with Crippen LogP contribution in [-0.2, 0) is 0 Å². The summed E-state index contributed by atoms with van der Waals surface area (Å²) in [6.07, 6.45) is 1.69. The van der Waals surface area contributed by atoms with E-state index in [1.165, 1.54) is 0 Å². The fourth-order valence-corrected chi connectivity index (χ4v) is 0.387. The van der Waals surface area contributed by atoms with Gasteiger partial charge >= 0.3 is 0 Å². The second kappa shape index (κ2) is 1.75. The summed E-state index contributed by atoms with van der Waals surface area (Å²) < 4.78 is 0. The Kier molecular flexibility index (Phi) is 1.08. The van der Waals surface area contributed by atoms with Crippen LogP contribution in [0.25, 0.3) is 0 Å². The molecule has 3 nitrogen and oxygen atoms in total. The molecule has 0 bridgehead atoms. The monoisotopic (exact) mass is 97.1 g/mol. The lowest BCUT2D eigenvalue weighted by Gasteiger charge is -2.08. The Hall–Kier alpha value is -0.830. The number of allylic oxidation sites excluding steroid dienone is 1. The number of nitrogens with zero attached hydrogens (tertiary/aromatic N) is 1. The van der Waals surface area contributed by atoms with Crippen LogP contribution in [0.1, 0.15) is 0 Å². The van der Waals surface area contributed by atoms with E-state index in [0.717, 1.165) is 5.70 Å². The van der Waals surface area contributed by atoms with Gasteiger partial charge in [-0.25, -0.2) is 5.43 Å². The molecule has 0 amide bonds. The van der Waals surface area contributed by atoms with Gasteiger partial charge in [0, 0.05) is 6.21 Å². The summed E-state index contributed by atoms with van der Waals surface area (Å²) in [5, 5.41) is 0. The highest BCUT2D eigenvalue weighted by Gasteiger charge is 1.89. The van der Waals surface area contributed by atoms with E-state index in [4.69, 9.17) is 0 Å². The lowest BCUT2D eigenvalue weighted by Crippen LogP contribution is -2.34. The van der Waals surface area contributed by atoms with Gasteiger partial charge in [-0.05, 0) is 0 Å². The molecule has 0 unspecified atom stereocenters. The topological polar surface area (TPSA) is 36.4 Å². The predicted octanol–water partition coefficient (Wildman–Crippen LogP) is -0.364. The van der Waals surface area contributed by atoms with Gasteiger partial charge in [-0.1, -0.05) is 6.58 Å². The van der Waals surface area contributed by atoms with Gasteiger partial charge in [-0.15, -0.1) is 0 Å². The first-order chi connectivity index (χ1) is 3.39. The summed E-state index contributed by atoms with van der Waals surface area (Å²) in [5.41, 5.74) is 6.39. The molecule has 0 fully saturated rings. The van der Waals surface area contributed by atoms with Crippen molar-refractivity contribution >= 4 is 6.21 Å². The number of nitrogens with one attached hydrogen (secondary N) is 2. The van der Waals surface area contributed by atoms with Crippen LogP contribution >= 0.6 is 0 Å². The van der Waals surface area contributed by atoms with Crippen molar-refractivity contribution in [1.29, 1.82) is 0 Å². The van der Waals surface area contributed by atoms with Gasteiger partial charge in [0.15, 0.2) is 0 Å². The zero-order valence-electron chi connectivity index (χ0n) is 3.94. The SMILES string of the molecule is C=C1C=NCNN1. The minimum Gasteiger partial charge on any atom is -0.319 e. The van der Waals surface area contributed by atoms with Crippen molar-refractivity contribution in [2.24, 2.45) is 4.99 Å². The highest BCUT2D eigenvalue weighted by atomic mass is 15.4. The van der Waals surface area contributed by atoms with Crippen molar-refractivity contribution in [2.45, 2.75) is 0 Å². The van der Waals surface area contributed by atoms with Gasteiger partial charge in [0.05, 0.1) is 5.70 Å². The van der Waals surface area contributed by atoms with E-state index in [1.807, 2.05) is 0 Å². The molecule has 7 heavy (non-hydrogen) atoms. The molecular formula is C4H7N3. The highest BCUT2D eigenvalue weighted by Crippen LogP contribution is 1.78. The van der Waals surface area contributed by atoms with Crippen molar-refractivity contribution in [3.8, 4) is 0 Å². The van der Waals surface area contributed by atoms with Gasteiger partial charge in [-0.3, -0.25) is 4.99 Å². The molecule has 1 heterocycles. The second-order valence-electron chi connectivity index (χ2n) is 1.30. The molecule has 1 rings (SSSR count). The molecule has 0 saturated carbocycles. The standard InChI is InChI=1S/C4H7N3/c1-4-2-5-3-6-7-4/h2,6-7H,1,3H2. The Morgan fingerprint density at radius 1 is 1.86 bits per heavy atom. The van der Waals surface area contributed by atoms with E-state index in [0.29, 0.717) is 6.67 Å². The van der Waals surface area contributed by atoms with Crippen LogP contribution in [0.2, 0.25) is 0 Å². The molecule has 2 N–H and O–H groups in total. The Balaban J connectivity index is 2.51. The Bertz CT molecular complexity index is 106. The smallest absolute Gasteiger partial charge is 0.105 e. The first-order valence-electron chi connectivity index (χ1n) is 2.07. The summed E-state index contributed by atoms with van der Waals surface area (Å²) in [6.45, 7) is 4.23. The third-order valence-electron chi connectivity index (χ3n) is 0.666. The molecule has 0 aromatic carbocycles. The molecular weight excluding hydrogens is 90.1 g/mol. The molecule has 0 aliphatic carbocycles. The maximum absolute atomic E-state index is 3.86. The Labute approximate surface area is 42.1 Å². The number of rotatable bonds is 0. The summed E-state index contributed by atoms with van der Waals surface area (Å²) in [4.78, 5) is 3.86. The maximum atomic E-state index is 3.86. The van der Waals surface area contributed by atoms with Crippen LogP contribution in [0.3, 0.4) is 0 Å². The van der Waals surface area contributed by atoms with E-state index in [-0.39, 0.29) is 0 Å². The van der Waals surface area contributed by atoms with E-state index in [1.54, 1.807) is 6.21 Å². The fraction of sp³-hybridized carbons (Fsp3) is 0.250. The van der Waals surface area contributed by atoms with Gasteiger partial charge in [0.1, 0.15) is 6.67 Å². The van der Waals surface area contributed by atoms with Crippen molar-refractivity contribution in [3.63, 3.8) is 0 Å². The van der Waals surface area contributed by atoms with Gasteiger partial charge in [-0.2, -0.15) is 0 Å². The van der Waals surface area contributed by atoms with Gasteiger partial charge in [0.2, 0.25) is 0 Å². The second-order valence-corrected chi connectivity index (χ2v) is 1.30. The van der Waals surface area contributed by atoms with Crippen molar-refractivity contribution < 1.29 is 0 Å². The van der Waals surface area contributed by atoms with Gasteiger partial charge < -0.3 is 5.43 Å². The average Bonchev–Trinajstić information content (AvgIpc) is 1.69. The number of aliphatic imine (C=N–C) groups is 1. The van der Waals surface area contributed by atoms with E-state index >= 15 is 0 Å². The number of hydrogen-bond donors (Lipinski definition) is 2. The first-order valence-corrected chi connectivity index (χ1v) is 2.07. The molecule has 0 saturated heterocycles. The quantitative estimate of drug-likeness (QED) is 0.433. The minimum atomic E-state index is 0.638. The normalized spacial score (nSPS) is 19.1. The van der Waals surface area contributed by atoms with Crippen LogP contribution in [0.4, 0.5) is 0 Å². The molecule has 0 spiro atoms. The minimum absolute atomic E-state index is 0.638. The van der Waals surface area contributed by atoms with Crippen LogP contribution in [-0.4, -0.2) is 12.9 Å². The molecule has 38 valence electrons. The molecule has 0 aromatic rings. The summed E-state index contributed by atoms with van der Waals surface area (Å²) in [7, 11) is 0. The van der Waals surface area contributed by atoms with Crippen LogP contribution in [0, 0.1) is 0 Å². The molecule has 0 atom stereocenters. The van der Waals surface area contributed by atoms with E-state index in [9.17, 15) is 0 Å². The average molecular weight is 97.1 g/mol. The van der Waals surface area contributed by atoms with E-state index in [2.05, 4.69) is 22.4 Å². The van der Waals surface area contributed by atoms with E-state index < -0.39 is 0 Å². The lowest BCUT2D eigenvalue weighted by molar-refractivity contribution is 0.616. The number of hydrogen-bond acceptors (Lipinski definition) is 3. The summed E-state index contributed by atoms with van der Waals surface area (Å²) in [6, 6.07) is 0. The third kappa shape index (κ3) is 1.01. The Morgan fingerprint density at radius 2 is 2.71 bits per heavy atom. The fourth-order valence-electron chi connectivity index (χ4n) is 0.387. The van der Waals surface area contributed by atoms with Crippen molar-refractivity contribution in [1.82, 2.24) is 10.9 Å². The number of hydrazine groups is 1. The molecule has 0 aromatic heterocycles. The zero-order chi connectivity index (χ0) is 5.11. The van der Waals surface area contributed by atoms with Crippen molar-refractivity contribution in [2.75, 3.05) is 6.67 Å². The maximum Gasteiger partial charge on any atom is 0.105 e. The molecule has 3 heteroatoms. The largest absolute Gasteiger partial charge is 0.319 e. The van der Waals surface area contributed by atoms with Crippen molar-refractivity contribution in [3.05, 3.63) is 12.3 Å².